The summed E-state index contributed by atoms with van der Waals surface area (Å²) in [5, 5.41) is 11.8. The molecule has 6 nitrogen and oxygen atoms in total. The number of thiophene rings is 1. The topological polar surface area (TPSA) is 92.2 Å². The van der Waals surface area contributed by atoms with Crippen LogP contribution < -0.4 is 5.32 Å². The van der Waals surface area contributed by atoms with Crippen LogP contribution in [0.15, 0.2) is 24.5 Å². The smallest absolute Gasteiger partial charge is 0.345 e. The van der Waals surface area contributed by atoms with Crippen molar-refractivity contribution in [2.45, 2.75) is 6.92 Å². The molecule has 2 heterocycles. The Kier molecular flexibility index (Phi) is 3.33. The van der Waals surface area contributed by atoms with E-state index in [4.69, 9.17) is 5.11 Å². The summed E-state index contributed by atoms with van der Waals surface area (Å²) in [5.41, 5.74) is 0.904. The molecule has 0 saturated heterocycles. The highest BCUT2D eigenvalue weighted by Gasteiger charge is 2.11. The zero-order valence-corrected chi connectivity index (χ0v) is 10.2. The minimum absolute atomic E-state index is 0.167. The molecule has 0 fully saturated rings. The van der Waals surface area contributed by atoms with Crippen molar-refractivity contribution >= 4 is 28.2 Å². The van der Waals surface area contributed by atoms with E-state index in [0.717, 1.165) is 17.0 Å². The van der Waals surface area contributed by atoms with E-state index in [-0.39, 0.29) is 10.6 Å². The second kappa shape index (κ2) is 4.92. The van der Waals surface area contributed by atoms with Crippen molar-refractivity contribution in [2.24, 2.45) is 0 Å². The molecule has 0 spiro atoms. The summed E-state index contributed by atoms with van der Waals surface area (Å²) in [4.78, 5) is 30.5. The van der Waals surface area contributed by atoms with Crippen molar-refractivity contribution in [1.29, 1.82) is 0 Å². The number of nitrogens with one attached hydrogen (secondary N) is 1. The van der Waals surface area contributed by atoms with Crippen molar-refractivity contribution in [3.8, 4) is 0 Å². The molecule has 0 aromatic carbocycles. The zero-order valence-electron chi connectivity index (χ0n) is 9.38. The highest BCUT2D eigenvalue weighted by Crippen LogP contribution is 2.22. The van der Waals surface area contributed by atoms with Crippen molar-refractivity contribution in [2.75, 3.05) is 5.32 Å². The van der Waals surface area contributed by atoms with Crippen LogP contribution in [0.4, 0.5) is 5.00 Å². The van der Waals surface area contributed by atoms with Gasteiger partial charge < -0.3 is 10.4 Å². The number of carbonyl (C=O) groups excluding carboxylic acids is 1. The first-order chi connectivity index (χ1) is 8.56. The van der Waals surface area contributed by atoms with Gasteiger partial charge in [-0.15, -0.1) is 11.3 Å². The molecule has 7 heteroatoms. The maximum atomic E-state index is 11.8. The second-order valence-corrected chi connectivity index (χ2v) is 4.55. The lowest BCUT2D eigenvalue weighted by Crippen LogP contribution is -2.13. The number of nitrogens with zero attached hydrogens (tertiary/aromatic N) is 2. The predicted molar refractivity (Wildman–Crippen MR) is 66.0 cm³/mol. The average molecular weight is 263 g/mol. The summed E-state index contributed by atoms with van der Waals surface area (Å²) in [5.74, 6) is -1.43. The van der Waals surface area contributed by atoms with Crippen LogP contribution in [-0.4, -0.2) is 27.0 Å². The summed E-state index contributed by atoms with van der Waals surface area (Å²) in [6.07, 6.45) is 2.86. The van der Waals surface area contributed by atoms with Crippen LogP contribution in [0.1, 0.15) is 25.9 Å². The average Bonchev–Trinajstić information content (AvgIpc) is 2.78. The first-order valence-electron chi connectivity index (χ1n) is 4.99. The van der Waals surface area contributed by atoms with Crippen LogP contribution in [-0.2, 0) is 0 Å². The van der Waals surface area contributed by atoms with Crippen LogP contribution in [0.5, 0.6) is 0 Å². The van der Waals surface area contributed by atoms with Gasteiger partial charge in [0.05, 0.1) is 16.9 Å². The first kappa shape index (κ1) is 12.2. The Balaban J connectivity index is 2.11. The lowest BCUT2D eigenvalue weighted by molar-refractivity contribution is 0.0702. The van der Waals surface area contributed by atoms with Gasteiger partial charge in [-0.3, -0.25) is 9.78 Å². The molecule has 0 aliphatic rings. The van der Waals surface area contributed by atoms with Gasteiger partial charge in [0.25, 0.3) is 5.91 Å². The number of carbonyl (C=O) groups is 2. The molecule has 0 aliphatic heterocycles. The van der Waals surface area contributed by atoms with Gasteiger partial charge in [0.2, 0.25) is 0 Å². The molecule has 0 unspecified atom stereocenters. The molecule has 0 bridgehead atoms. The zero-order chi connectivity index (χ0) is 13.1. The lowest BCUT2D eigenvalue weighted by Gasteiger charge is -2.01. The molecule has 0 atom stereocenters. The molecule has 92 valence electrons. The van der Waals surface area contributed by atoms with Crippen LogP contribution in [0.2, 0.25) is 0 Å². The van der Waals surface area contributed by atoms with Gasteiger partial charge in [-0.05, 0) is 19.1 Å². The van der Waals surface area contributed by atoms with Crippen molar-refractivity contribution in [3.63, 3.8) is 0 Å². The van der Waals surface area contributed by atoms with Gasteiger partial charge in [0.1, 0.15) is 10.6 Å². The monoisotopic (exact) mass is 263 g/mol. The SMILES string of the molecule is Cc1cnc(C(=O)Nc2ccc(C(=O)O)s2)cn1. The van der Waals surface area contributed by atoms with E-state index in [1.807, 2.05) is 0 Å². The number of carboxylic acids is 1. The third kappa shape index (κ3) is 2.69. The maximum absolute atomic E-state index is 11.8. The highest BCUT2D eigenvalue weighted by molar-refractivity contribution is 7.18. The normalized spacial score (nSPS) is 10.1. The second-order valence-electron chi connectivity index (χ2n) is 3.47. The Hall–Kier alpha value is -2.28. The van der Waals surface area contributed by atoms with E-state index in [9.17, 15) is 9.59 Å². The summed E-state index contributed by atoms with van der Waals surface area (Å²) in [7, 11) is 0. The van der Waals surface area contributed by atoms with Crippen molar-refractivity contribution in [1.82, 2.24) is 9.97 Å². The standard InChI is InChI=1S/C11H9N3O3S/c1-6-4-13-7(5-12-6)10(15)14-9-3-2-8(18-9)11(16)17/h2-5H,1H3,(H,14,15)(H,16,17). The number of anilines is 1. The number of aryl methyl sites for hydroxylation is 1. The van der Waals surface area contributed by atoms with Gasteiger partial charge >= 0.3 is 5.97 Å². The lowest BCUT2D eigenvalue weighted by atomic mass is 10.4. The van der Waals surface area contributed by atoms with Gasteiger partial charge in [-0.1, -0.05) is 0 Å². The van der Waals surface area contributed by atoms with Crippen molar-refractivity contribution in [3.05, 3.63) is 40.8 Å². The fraction of sp³-hybridized carbons (Fsp3) is 0.0909. The summed E-state index contributed by atoms with van der Waals surface area (Å²) in [6.45, 7) is 1.77. The minimum Gasteiger partial charge on any atom is -0.477 e. The molecule has 2 aromatic heterocycles. The molecular weight excluding hydrogens is 254 g/mol. The Bertz CT molecular complexity index is 592. The number of rotatable bonds is 3. The summed E-state index contributed by atoms with van der Waals surface area (Å²) < 4.78 is 0. The van der Waals surface area contributed by atoms with Crippen LogP contribution >= 0.6 is 11.3 Å². The van der Waals surface area contributed by atoms with E-state index >= 15 is 0 Å². The molecule has 2 N–H and O–H groups in total. The van der Waals surface area contributed by atoms with Crippen molar-refractivity contribution < 1.29 is 14.7 Å². The van der Waals surface area contributed by atoms with Crippen LogP contribution in [0.25, 0.3) is 0 Å². The minimum atomic E-state index is -1.02. The fourth-order valence-electron chi connectivity index (χ4n) is 1.21. The van der Waals surface area contributed by atoms with E-state index in [0.29, 0.717) is 5.00 Å². The molecule has 1 amide bonds. The maximum Gasteiger partial charge on any atom is 0.345 e. The third-order valence-corrected chi connectivity index (χ3v) is 3.06. The largest absolute Gasteiger partial charge is 0.477 e. The number of aromatic carboxylic acids is 1. The Morgan fingerprint density at radius 3 is 2.61 bits per heavy atom. The molecule has 0 radical (unpaired) electrons. The number of hydrogen-bond donors (Lipinski definition) is 2. The molecule has 18 heavy (non-hydrogen) atoms. The number of carboxylic acid groups (broad SMARTS) is 1. The molecule has 0 saturated carbocycles. The quantitative estimate of drug-likeness (QED) is 0.880. The fourth-order valence-corrected chi connectivity index (χ4v) is 1.95. The summed E-state index contributed by atoms with van der Waals surface area (Å²) in [6, 6.07) is 2.97. The number of amides is 1. The van der Waals surface area contributed by atoms with Gasteiger partial charge in [-0.2, -0.15) is 0 Å². The molecular formula is C11H9N3O3S. The highest BCUT2D eigenvalue weighted by atomic mass is 32.1. The van der Waals surface area contributed by atoms with Gasteiger partial charge in [0.15, 0.2) is 0 Å². The van der Waals surface area contributed by atoms with Crippen LogP contribution in [0.3, 0.4) is 0 Å². The summed E-state index contributed by atoms with van der Waals surface area (Å²) >= 11 is 0.987. The molecule has 2 rings (SSSR count). The molecule has 2 aromatic rings. The Morgan fingerprint density at radius 2 is 2.06 bits per heavy atom. The Morgan fingerprint density at radius 1 is 1.28 bits per heavy atom. The third-order valence-electron chi connectivity index (χ3n) is 2.07. The van der Waals surface area contributed by atoms with E-state index in [1.165, 1.54) is 24.5 Å². The van der Waals surface area contributed by atoms with E-state index < -0.39 is 11.9 Å². The van der Waals surface area contributed by atoms with Gasteiger partial charge in [-0.25, -0.2) is 9.78 Å². The first-order valence-corrected chi connectivity index (χ1v) is 5.81. The van der Waals surface area contributed by atoms with Crippen LogP contribution in [0, 0.1) is 6.92 Å². The Labute approximate surface area is 106 Å². The number of aromatic nitrogens is 2. The van der Waals surface area contributed by atoms with E-state index in [1.54, 1.807) is 6.92 Å². The van der Waals surface area contributed by atoms with Gasteiger partial charge in [0, 0.05) is 6.20 Å². The molecule has 0 aliphatic carbocycles. The number of hydrogen-bond acceptors (Lipinski definition) is 5. The van der Waals surface area contributed by atoms with E-state index in [2.05, 4.69) is 15.3 Å². The predicted octanol–water partition coefficient (Wildman–Crippen LogP) is 1.80.